The molecular weight excluding hydrogens is 354 g/mol. The molecule has 3 heterocycles. The van der Waals surface area contributed by atoms with Crippen molar-refractivity contribution < 1.29 is 18.7 Å². The van der Waals surface area contributed by atoms with Gasteiger partial charge < -0.3 is 19.8 Å². The van der Waals surface area contributed by atoms with Crippen molar-refractivity contribution in [3.63, 3.8) is 0 Å². The molecule has 1 aliphatic heterocycles. The van der Waals surface area contributed by atoms with Gasteiger partial charge in [-0.25, -0.2) is 9.59 Å². The van der Waals surface area contributed by atoms with Crippen molar-refractivity contribution in [2.45, 2.75) is 19.5 Å². The Bertz CT molecular complexity index is 783. The summed E-state index contributed by atoms with van der Waals surface area (Å²) in [6.45, 7) is 3.11. The van der Waals surface area contributed by atoms with Crippen LogP contribution in [0.1, 0.15) is 23.6 Å². The van der Waals surface area contributed by atoms with E-state index in [1.807, 2.05) is 23.4 Å². The van der Waals surface area contributed by atoms with Crippen LogP contribution in [-0.4, -0.2) is 37.1 Å². The summed E-state index contributed by atoms with van der Waals surface area (Å²) in [6.07, 6.45) is 1.51. The molecule has 26 heavy (non-hydrogen) atoms. The topological polar surface area (TPSA) is 83.8 Å². The minimum Gasteiger partial charge on any atom is -0.467 e. The molecule has 2 aromatic heterocycles. The number of nitrogens with one attached hydrogen (secondary N) is 2. The number of ether oxygens (including phenoxy) is 1. The van der Waals surface area contributed by atoms with Crippen LogP contribution in [0.3, 0.4) is 0 Å². The quantitative estimate of drug-likeness (QED) is 0.727. The fourth-order valence-corrected chi connectivity index (χ4v) is 3.64. The predicted molar refractivity (Wildman–Crippen MR) is 97.4 cm³/mol. The first-order valence-corrected chi connectivity index (χ1v) is 9.18. The number of hydrogen-bond donors (Lipinski definition) is 2. The number of thiophene rings is 1. The van der Waals surface area contributed by atoms with Crippen molar-refractivity contribution in [1.82, 2.24) is 15.5 Å². The smallest absolute Gasteiger partial charge is 0.338 e. The molecule has 2 amide bonds. The van der Waals surface area contributed by atoms with Gasteiger partial charge in [-0.05, 0) is 37.6 Å². The fourth-order valence-electron chi connectivity index (χ4n) is 2.86. The maximum absolute atomic E-state index is 12.6. The molecule has 0 aliphatic carbocycles. The first kappa shape index (κ1) is 18.2. The third kappa shape index (κ3) is 4.14. The molecule has 7 nitrogen and oxygen atoms in total. The molecule has 0 fully saturated rings. The summed E-state index contributed by atoms with van der Waals surface area (Å²) >= 11 is 1.66. The van der Waals surface area contributed by atoms with Crippen LogP contribution in [0.2, 0.25) is 0 Å². The van der Waals surface area contributed by atoms with Crippen LogP contribution in [0.4, 0.5) is 4.79 Å². The van der Waals surface area contributed by atoms with Gasteiger partial charge in [-0.2, -0.15) is 0 Å². The Kier molecular flexibility index (Phi) is 5.75. The Labute approximate surface area is 155 Å². The predicted octanol–water partition coefficient (Wildman–Crippen LogP) is 2.64. The van der Waals surface area contributed by atoms with E-state index in [-0.39, 0.29) is 12.6 Å². The summed E-state index contributed by atoms with van der Waals surface area (Å²) in [6, 6.07) is 6.43. The zero-order chi connectivity index (χ0) is 18.5. The number of carbonyl (C=O) groups is 2. The number of amides is 2. The van der Waals surface area contributed by atoms with Crippen LogP contribution < -0.4 is 10.6 Å². The minimum atomic E-state index is -0.678. The summed E-state index contributed by atoms with van der Waals surface area (Å²) in [5.74, 6) is 0.0160. The SMILES string of the molecule is CCOC(=O)C1=C(CN(C)Cc2cccs2)NC(=O)N[C@@H]1c1ccco1. The number of hydrogen-bond acceptors (Lipinski definition) is 6. The van der Waals surface area contributed by atoms with Crippen LogP contribution in [0.15, 0.2) is 51.6 Å². The molecule has 3 rings (SSSR count). The van der Waals surface area contributed by atoms with Crippen molar-refractivity contribution in [3.05, 3.63) is 57.8 Å². The standard InChI is InChI=1S/C18H21N3O4S/c1-3-24-17(22)15-13(11-21(2)10-12-6-5-9-26-12)19-18(23)20-16(15)14-7-4-8-25-14/h4-9,16H,3,10-11H2,1-2H3,(H2,19,20,23)/t16-/m1/s1. The highest BCUT2D eigenvalue weighted by atomic mass is 32.1. The van der Waals surface area contributed by atoms with Crippen LogP contribution >= 0.6 is 11.3 Å². The Morgan fingerprint density at radius 1 is 1.35 bits per heavy atom. The van der Waals surface area contributed by atoms with Crippen LogP contribution in [0.25, 0.3) is 0 Å². The first-order valence-electron chi connectivity index (χ1n) is 8.30. The van der Waals surface area contributed by atoms with Crippen molar-refractivity contribution in [1.29, 1.82) is 0 Å². The van der Waals surface area contributed by atoms with Crippen LogP contribution in [0, 0.1) is 0 Å². The largest absolute Gasteiger partial charge is 0.467 e. The third-order valence-electron chi connectivity index (χ3n) is 3.91. The normalized spacial score (nSPS) is 17.2. The Balaban J connectivity index is 1.90. The molecule has 0 bridgehead atoms. The lowest BCUT2D eigenvalue weighted by atomic mass is 10.00. The van der Waals surface area contributed by atoms with Crippen LogP contribution in [0.5, 0.6) is 0 Å². The Morgan fingerprint density at radius 3 is 2.85 bits per heavy atom. The molecule has 0 unspecified atom stereocenters. The summed E-state index contributed by atoms with van der Waals surface area (Å²) in [5, 5.41) is 7.51. The molecule has 0 radical (unpaired) electrons. The zero-order valence-electron chi connectivity index (χ0n) is 14.7. The van der Waals surface area contributed by atoms with E-state index in [1.165, 1.54) is 11.1 Å². The van der Waals surface area contributed by atoms with Gasteiger partial charge in [-0.15, -0.1) is 11.3 Å². The van der Waals surface area contributed by atoms with Gasteiger partial charge in [0.25, 0.3) is 0 Å². The molecule has 1 aliphatic rings. The van der Waals surface area contributed by atoms with E-state index < -0.39 is 12.0 Å². The van der Waals surface area contributed by atoms with Crippen LogP contribution in [-0.2, 0) is 16.1 Å². The Hall–Kier alpha value is -2.58. The van der Waals surface area contributed by atoms with Crippen molar-refractivity contribution in [3.8, 4) is 0 Å². The zero-order valence-corrected chi connectivity index (χ0v) is 15.5. The highest BCUT2D eigenvalue weighted by Gasteiger charge is 2.35. The van der Waals surface area contributed by atoms with E-state index >= 15 is 0 Å². The molecule has 8 heteroatoms. The summed E-state index contributed by atoms with van der Waals surface area (Å²) in [7, 11) is 1.94. The van der Waals surface area contributed by atoms with Gasteiger partial charge >= 0.3 is 12.0 Å². The number of nitrogens with zero attached hydrogens (tertiary/aromatic N) is 1. The van der Waals surface area contributed by atoms with Crippen molar-refractivity contribution in [2.75, 3.05) is 20.2 Å². The summed E-state index contributed by atoms with van der Waals surface area (Å²) in [5.41, 5.74) is 0.882. The molecule has 138 valence electrons. The van der Waals surface area contributed by atoms with Gasteiger partial charge in [0.05, 0.1) is 18.4 Å². The van der Waals surface area contributed by atoms with E-state index in [0.29, 0.717) is 30.1 Å². The average Bonchev–Trinajstić information content (AvgIpc) is 3.27. The molecule has 0 saturated carbocycles. The lowest BCUT2D eigenvalue weighted by Crippen LogP contribution is -2.48. The average molecular weight is 375 g/mol. The number of furan rings is 1. The van der Waals surface area contributed by atoms with Crippen molar-refractivity contribution in [2.24, 2.45) is 0 Å². The highest BCUT2D eigenvalue weighted by Crippen LogP contribution is 2.28. The first-order chi connectivity index (χ1) is 12.6. The molecule has 0 saturated heterocycles. The third-order valence-corrected chi connectivity index (χ3v) is 4.77. The number of rotatable bonds is 7. The maximum atomic E-state index is 12.6. The summed E-state index contributed by atoms with van der Waals surface area (Å²) in [4.78, 5) is 28.0. The minimum absolute atomic E-state index is 0.249. The molecule has 0 spiro atoms. The fraction of sp³-hybridized carbons (Fsp3) is 0.333. The van der Waals surface area contributed by atoms with Gasteiger partial charge in [0.1, 0.15) is 11.8 Å². The molecular formula is C18H21N3O4S. The maximum Gasteiger partial charge on any atom is 0.338 e. The second-order valence-electron chi connectivity index (χ2n) is 5.91. The van der Waals surface area contributed by atoms with E-state index in [2.05, 4.69) is 16.7 Å². The lowest BCUT2D eigenvalue weighted by molar-refractivity contribution is -0.139. The van der Waals surface area contributed by atoms with Gasteiger partial charge in [0, 0.05) is 23.7 Å². The van der Waals surface area contributed by atoms with E-state index in [4.69, 9.17) is 9.15 Å². The Morgan fingerprint density at radius 2 is 2.19 bits per heavy atom. The lowest BCUT2D eigenvalue weighted by Gasteiger charge is -2.29. The summed E-state index contributed by atoms with van der Waals surface area (Å²) < 4.78 is 10.6. The second kappa shape index (κ2) is 8.20. The van der Waals surface area contributed by atoms with Gasteiger partial charge in [-0.1, -0.05) is 6.07 Å². The van der Waals surface area contributed by atoms with Gasteiger partial charge in [0.15, 0.2) is 0 Å². The second-order valence-corrected chi connectivity index (χ2v) is 6.94. The number of likely N-dealkylation sites (N-methyl/N-ethyl adjacent to an activating group) is 1. The number of carbonyl (C=O) groups excluding carboxylic acids is 2. The monoisotopic (exact) mass is 375 g/mol. The highest BCUT2D eigenvalue weighted by molar-refractivity contribution is 7.09. The van der Waals surface area contributed by atoms with Gasteiger partial charge in [-0.3, -0.25) is 4.90 Å². The van der Waals surface area contributed by atoms with Gasteiger partial charge in [0.2, 0.25) is 0 Å². The number of esters is 1. The molecule has 0 aromatic carbocycles. The molecule has 2 aromatic rings. The van der Waals surface area contributed by atoms with E-state index in [9.17, 15) is 9.59 Å². The van der Waals surface area contributed by atoms with E-state index in [1.54, 1.807) is 30.4 Å². The number of urea groups is 1. The molecule has 2 N–H and O–H groups in total. The molecule has 1 atom stereocenters. The van der Waals surface area contributed by atoms with Crippen molar-refractivity contribution >= 4 is 23.3 Å². The van der Waals surface area contributed by atoms with E-state index in [0.717, 1.165) is 0 Å².